The Morgan fingerprint density at radius 2 is 2.11 bits per heavy atom. The number of hydrogen-bond acceptors (Lipinski definition) is 2. The summed E-state index contributed by atoms with van der Waals surface area (Å²) >= 11 is 0. The molecule has 1 unspecified atom stereocenters. The van der Waals surface area contributed by atoms with Gasteiger partial charge in [-0.3, -0.25) is 0 Å². The van der Waals surface area contributed by atoms with Crippen molar-refractivity contribution in [2.75, 3.05) is 18.5 Å². The van der Waals surface area contributed by atoms with Crippen molar-refractivity contribution in [1.29, 1.82) is 0 Å². The fraction of sp³-hybridized carbons (Fsp3) is 0.625. The molecule has 106 valence electrons. The van der Waals surface area contributed by atoms with Crippen molar-refractivity contribution in [3.05, 3.63) is 29.1 Å². The molecule has 2 nitrogen and oxygen atoms in total. The molecule has 0 spiro atoms. The molecule has 1 atom stereocenters. The molecule has 3 heteroatoms. The number of nitrogens with zero attached hydrogens (tertiary/aromatic N) is 1. The van der Waals surface area contributed by atoms with Crippen molar-refractivity contribution in [3.63, 3.8) is 0 Å². The van der Waals surface area contributed by atoms with Crippen LogP contribution in [0.3, 0.4) is 0 Å². The standard InChI is InChI=1S/C16H25FN2/c1-6-19-15-8-14(17)12(10-18-5)7-13(15)11(2)9-16(19,3)4/h7-8,11,18H,6,9-10H2,1-5H3. The molecule has 1 heterocycles. The average molecular weight is 264 g/mol. The van der Waals surface area contributed by atoms with Gasteiger partial charge in [-0.2, -0.15) is 0 Å². The molecule has 1 aromatic rings. The van der Waals surface area contributed by atoms with E-state index in [0.29, 0.717) is 12.5 Å². The molecule has 0 fully saturated rings. The molecule has 0 saturated carbocycles. The number of anilines is 1. The molecule has 1 N–H and O–H groups in total. The van der Waals surface area contributed by atoms with Gasteiger partial charge >= 0.3 is 0 Å². The van der Waals surface area contributed by atoms with E-state index >= 15 is 0 Å². The van der Waals surface area contributed by atoms with Gasteiger partial charge in [0.25, 0.3) is 0 Å². The summed E-state index contributed by atoms with van der Waals surface area (Å²) in [6.07, 6.45) is 1.11. The third kappa shape index (κ3) is 2.48. The van der Waals surface area contributed by atoms with Crippen LogP contribution in [0.4, 0.5) is 10.1 Å². The number of halogens is 1. The van der Waals surface area contributed by atoms with Crippen molar-refractivity contribution >= 4 is 5.69 Å². The maximum absolute atomic E-state index is 14.2. The van der Waals surface area contributed by atoms with Crippen molar-refractivity contribution in [2.24, 2.45) is 0 Å². The third-order valence-electron chi connectivity index (χ3n) is 4.24. The summed E-state index contributed by atoms with van der Waals surface area (Å²) in [5, 5.41) is 3.03. The van der Waals surface area contributed by atoms with Gasteiger partial charge in [-0.15, -0.1) is 0 Å². The molecule has 2 rings (SSSR count). The second-order valence-corrected chi connectivity index (χ2v) is 6.19. The molecule has 0 aromatic heterocycles. The topological polar surface area (TPSA) is 15.3 Å². The molecule has 0 bridgehead atoms. The first kappa shape index (κ1) is 14.3. The Morgan fingerprint density at radius 1 is 1.42 bits per heavy atom. The van der Waals surface area contributed by atoms with Crippen LogP contribution in [-0.4, -0.2) is 19.1 Å². The van der Waals surface area contributed by atoms with Crippen LogP contribution in [-0.2, 0) is 6.54 Å². The van der Waals surface area contributed by atoms with E-state index in [1.165, 1.54) is 5.56 Å². The molecular weight excluding hydrogens is 239 g/mol. The van der Waals surface area contributed by atoms with Gasteiger partial charge in [0.1, 0.15) is 5.82 Å². The Morgan fingerprint density at radius 3 is 2.68 bits per heavy atom. The predicted octanol–water partition coefficient (Wildman–Crippen LogP) is 3.66. The van der Waals surface area contributed by atoms with E-state index in [-0.39, 0.29) is 11.4 Å². The van der Waals surface area contributed by atoms with Crippen LogP contribution in [0.1, 0.15) is 51.2 Å². The first-order valence-electron chi connectivity index (χ1n) is 7.15. The summed E-state index contributed by atoms with van der Waals surface area (Å²) in [5.74, 6) is 0.375. The van der Waals surface area contributed by atoms with E-state index < -0.39 is 0 Å². The van der Waals surface area contributed by atoms with Gasteiger partial charge in [0.15, 0.2) is 0 Å². The Labute approximate surface area is 116 Å². The summed E-state index contributed by atoms with van der Waals surface area (Å²) in [7, 11) is 1.85. The fourth-order valence-corrected chi connectivity index (χ4v) is 3.47. The van der Waals surface area contributed by atoms with Crippen LogP contribution in [0.25, 0.3) is 0 Å². The smallest absolute Gasteiger partial charge is 0.129 e. The zero-order chi connectivity index (χ0) is 14.2. The highest BCUT2D eigenvalue weighted by Crippen LogP contribution is 2.43. The SMILES string of the molecule is CCN1c2cc(F)c(CNC)cc2C(C)CC1(C)C. The van der Waals surface area contributed by atoms with Crippen LogP contribution in [0.15, 0.2) is 12.1 Å². The minimum Gasteiger partial charge on any atom is -0.366 e. The van der Waals surface area contributed by atoms with E-state index in [0.717, 1.165) is 24.2 Å². The fourth-order valence-electron chi connectivity index (χ4n) is 3.47. The number of hydrogen-bond donors (Lipinski definition) is 1. The van der Waals surface area contributed by atoms with Crippen molar-refractivity contribution in [1.82, 2.24) is 5.32 Å². The van der Waals surface area contributed by atoms with E-state index in [4.69, 9.17) is 0 Å². The molecule has 0 radical (unpaired) electrons. The molecule has 0 aliphatic carbocycles. The van der Waals surface area contributed by atoms with E-state index in [9.17, 15) is 4.39 Å². The number of fused-ring (bicyclic) bond motifs is 1. The lowest BCUT2D eigenvalue weighted by molar-refractivity contribution is 0.380. The van der Waals surface area contributed by atoms with Gasteiger partial charge in [-0.1, -0.05) is 6.92 Å². The lowest BCUT2D eigenvalue weighted by atomic mass is 9.79. The summed E-state index contributed by atoms with van der Waals surface area (Å²) in [4.78, 5) is 2.33. The summed E-state index contributed by atoms with van der Waals surface area (Å²) < 4.78 is 14.2. The van der Waals surface area contributed by atoms with E-state index in [1.807, 2.05) is 13.1 Å². The van der Waals surface area contributed by atoms with Gasteiger partial charge in [-0.25, -0.2) is 4.39 Å². The van der Waals surface area contributed by atoms with Gasteiger partial charge in [0, 0.05) is 29.9 Å². The van der Waals surface area contributed by atoms with Crippen LogP contribution in [0, 0.1) is 5.82 Å². The monoisotopic (exact) mass is 264 g/mol. The lowest BCUT2D eigenvalue weighted by Gasteiger charge is -2.47. The molecule has 19 heavy (non-hydrogen) atoms. The Kier molecular flexibility index (Phi) is 3.86. The minimum absolute atomic E-state index is 0.0954. The second-order valence-electron chi connectivity index (χ2n) is 6.19. The molecule has 0 saturated heterocycles. The van der Waals surface area contributed by atoms with E-state index in [1.54, 1.807) is 6.07 Å². The number of rotatable bonds is 3. The highest BCUT2D eigenvalue weighted by Gasteiger charge is 2.35. The zero-order valence-corrected chi connectivity index (χ0v) is 12.7. The quantitative estimate of drug-likeness (QED) is 0.896. The number of benzene rings is 1. The molecular formula is C16H25FN2. The summed E-state index contributed by atoms with van der Waals surface area (Å²) in [6.45, 7) is 10.4. The van der Waals surface area contributed by atoms with Crippen molar-refractivity contribution in [3.8, 4) is 0 Å². The largest absolute Gasteiger partial charge is 0.366 e. The van der Waals surface area contributed by atoms with Crippen LogP contribution in [0.2, 0.25) is 0 Å². The van der Waals surface area contributed by atoms with Gasteiger partial charge in [-0.05, 0) is 57.9 Å². The Hall–Kier alpha value is -1.09. The van der Waals surface area contributed by atoms with Crippen LogP contribution < -0.4 is 10.2 Å². The van der Waals surface area contributed by atoms with Crippen LogP contribution in [0.5, 0.6) is 0 Å². The third-order valence-corrected chi connectivity index (χ3v) is 4.24. The second kappa shape index (κ2) is 5.12. The minimum atomic E-state index is -0.101. The Bertz CT molecular complexity index is 468. The predicted molar refractivity (Wildman–Crippen MR) is 79.3 cm³/mol. The van der Waals surface area contributed by atoms with Gasteiger partial charge in [0.05, 0.1) is 0 Å². The summed E-state index contributed by atoms with van der Waals surface area (Å²) in [5.41, 5.74) is 3.22. The zero-order valence-electron chi connectivity index (χ0n) is 12.7. The highest BCUT2D eigenvalue weighted by atomic mass is 19.1. The number of nitrogens with one attached hydrogen (secondary N) is 1. The van der Waals surface area contributed by atoms with Crippen molar-refractivity contribution in [2.45, 2.75) is 52.1 Å². The van der Waals surface area contributed by atoms with E-state index in [2.05, 4.69) is 37.9 Å². The van der Waals surface area contributed by atoms with Crippen molar-refractivity contribution < 1.29 is 4.39 Å². The lowest BCUT2D eigenvalue weighted by Crippen LogP contribution is -2.48. The summed E-state index contributed by atoms with van der Waals surface area (Å²) in [6, 6.07) is 3.77. The Balaban J connectivity index is 2.53. The van der Waals surface area contributed by atoms with Gasteiger partial charge in [0.2, 0.25) is 0 Å². The molecule has 1 aliphatic heterocycles. The molecule has 1 aromatic carbocycles. The average Bonchev–Trinajstić information content (AvgIpc) is 2.31. The maximum Gasteiger partial charge on any atom is 0.129 e. The first-order chi connectivity index (χ1) is 8.90. The highest BCUT2D eigenvalue weighted by molar-refractivity contribution is 5.61. The van der Waals surface area contributed by atoms with Gasteiger partial charge < -0.3 is 10.2 Å². The van der Waals surface area contributed by atoms with Crippen LogP contribution >= 0.6 is 0 Å². The first-order valence-corrected chi connectivity index (χ1v) is 7.15. The normalized spacial score (nSPS) is 21.4. The maximum atomic E-state index is 14.2. The molecule has 1 aliphatic rings. The molecule has 0 amide bonds.